The molecule has 2 unspecified atom stereocenters. The summed E-state index contributed by atoms with van der Waals surface area (Å²) >= 11 is 1.22. The van der Waals surface area contributed by atoms with Crippen LogP contribution in [0.1, 0.15) is 89.9 Å². The first-order valence-corrected chi connectivity index (χ1v) is 15.7. The van der Waals surface area contributed by atoms with E-state index in [4.69, 9.17) is 4.98 Å². The molecule has 218 valence electrons. The largest absolute Gasteiger partial charge is 0.373 e. The molecule has 3 aliphatic rings. The molecule has 2 fully saturated rings. The number of pyridine rings is 2. The summed E-state index contributed by atoms with van der Waals surface area (Å²) in [7, 11) is 0. The maximum Gasteiger partial charge on any atom is 0.265 e. The molecule has 0 saturated carbocycles. The fourth-order valence-corrected chi connectivity index (χ4v) is 7.14. The highest BCUT2D eigenvalue weighted by Gasteiger charge is 2.41. The van der Waals surface area contributed by atoms with Crippen LogP contribution in [-0.2, 0) is 0 Å². The average molecular weight is 567 g/mol. The van der Waals surface area contributed by atoms with Gasteiger partial charge in [-0.15, -0.1) is 0 Å². The third-order valence-electron chi connectivity index (χ3n) is 8.67. The van der Waals surface area contributed by atoms with Crippen molar-refractivity contribution in [2.75, 3.05) is 34.8 Å². The number of nitrogens with one attached hydrogen (secondary N) is 2. The van der Waals surface area contributed by atoms with Gasteiger partial charge in [-0.3, -0.25) is 9.52 Å². The SMILES string of the molecule is CC(C)(C)CCCC1CCN(c2ccc3c(n2)N2C[C@@H](CCCNc4cccc(n4)SNC3=O)CC2(C)C)C1O. The number of fused-ring (bicyclic) bond motifs is 6. The number of rotatable bonds is 4. The Kier molecular flexibility index (Phi) is 8.53. The van der Waals surface area contributed by atoms with Gasteiger partial charge in [0, 0.05) is 43.0 Å². The van der Waals surface area contributed by atoms with Crippen LogP contribution in [0, 0.1) is 17.3 Å². The van der Waals surface area contributed by atoms with Crippen molar-refractivity contribution in [1.29, 1.82) is 0 Å². The molecule has 2 aromatic heterocycles. The highest BCUT2D eigenvalue weighted by molar-refractivity contribution is 7.97. The molecule has 5 heterocycles. The zero-order chi connectivity index (χ0) is 28.5. The highest BCUT2D eigenvalue weighted by atomic mass is 32.2. The Bertz CT molecular complexity index is 1200. The van der Waals surface area contributed by atoms with Gasteiger partial charge < -0.3 is 20.2 Å². The van der Waals surface area contributed by atoms with Gasteiger partial charge in [-0.1, -0.05) is 33.3 Å². The summed E-state index contributed by atoms with van der Waals surface area (Å²) in [5, 5.41) is 15.5. The second kappa shape index (κ2) is 11.8. The minimum Gasteiger partial charge on any atom is -0.373 e. The lowest BCUT2D eigenvalue weighted by atomic mass is 9.87. The zero-order valence-electron chi connectivity index (χ0n) is 24.7. The van der Waals surface area contributed by atoms with Crippen molar-refractivity contribution in [1.82, 2.24) is 14.7 Å². The Balaban J connectivity index is 1.42. The highest BCUT2D eigenvalue weighted by Crippen LogP contribution is 2.41. The summed E-state index contributed by atoms with van der Waals surface area (Å²) in [4.78, 5) is 27.7. The summed E-state index contributed by atoms with van der Waals surface area (Å²) < 4.78 is 3.00. The zero-order valence-corrected chi connectivity index (χ0v) is 25.6. The molecule has 4 bridgehead atoms. The van der Waals surface area contributed by atoms with Crippen molar-refractivity contribution in [3.8, 4) is 0 Å². The van der Waals surface area contributed by atoms with Gasteiger partial charge in [0.15, 0.2) is 0 Å². The van der Waals surface area contributed by atoms with E-state index in [9.17, 15) is 9.90 Å². The molecule has 0 spiro atoms. The Labute approximate surface area is 243 Å². The van der Waals surface area contributed by atoms with Crippen LogP contribution in [-0.4, -0.2) is 52.4 Å². The van der Waals surface area contributed by atoms with Gasteiger partial charge in [0.2, 0.25) is 0 Å². The van der Waals surface area contributed by atoms with E-state index < -0.39 is 6.23 Å². The van der Waals surface area contributed by atoms with E-state index in [1.807, 2.05) is 35.2 Å². The van der Waals surface area contributed by atoms with Gasteiger partial charge >= 0.3 is 0 Å². The van der Waals surface area contributed by atoms with Crippen LogP contribution >= 0.6 is 11.9 Å². The predicted molar refractivity (Wildman–Crippen MR) is 164 cm³/mol. The average Bonchev–Trinajstić information content (AvgIpc) is 3.41. The number of amides is 1. The van der Waals surface area contributed by atoms with Crippen LogP contribution in [0.2, 0.25) is 0 Å². The number of aromatic nitrogens is 2. The second-order valence-corrected chi connectivity index (χ2v) is 14.4. The minimum atomic E-state index is -0.553. The molecule has 0 aromatic carbocycles. The molecule has 8 nitrogen and oxygen atoms in total. The van der Waals surface area contributed by atoms with Gasteiger partial charge in [-0.2, -0.15) is 0 Å². The smallest absolute Gasteiger partial charge is 0.265 e. The first-order chi connectivity index (χ1) is 19.0. The third-order valence-corrected chi connectivity index (χ3v) is 9.39. The number of hydrogen-bond donors (Lipinski definition) is 3. The fourth-order valence-electron chi connectivity index (χ4n) is 6.54. The van der Waals surface area contributed by atoms with Crippen LogP contribution in [0.25, 0.3) is 0 Å². The molecule has 3 atom stereocenters. The van der Waals surface area contributed by atoms with Gasteiger partial charge in [-0.25, -0.2) is 9.97 Å². The number of anilines is 3. The lowest BCUT2D eigenvalue weighted by Crippen LogP contribution is -2.41. The van der Waals surface area contributed by atoms with Crippen molar-refractivity contribution >= 4 is 35.3 Å². The van der Waals surface area contributed by atoms with E-state index in [0.717, 1.165) is 81.2 Å². The molecule has 2 aromatic rings. The molecule has 3 aliphatic heterocycles. The molecular weight excluding hydrogens is 520 g/mol. The number of aliphatic hydroxyl groups excluding tert-OH is 1. The number of carbonyl (C=O) groups excluding carboxylic acids is 1. The monoisotopic (exact) mass is 566 g/mol. The molecule has 0 aliphatic carbocycles. The van der Waals surface area contributed by atoms with Crippen molar-refractivity contribution in [2.24, 2.45) is 17.3 Å². The Morgan fingerprint density at radius 2 is 1.98 bits per heavy atom. The second-order valence-electron chi connectivity index (χ2n) is 13.6. The Hall–Kier alpha value is -2.52. The van der Waals surface area contributed by atoms with E-state index in [2.05, 4.69) is 54.5 Å². The van der Waals surface area contributed by atoms with E-state index in [1.165, 1.54) is 11.9 Å². The van der Waals surface area contributed by atoms with Crippen LogP contribution in [0.3, 0.4) is 0 Å². The first kappa shape index (κ1) is 29.0. The quantitative estimate of drug-likeness (QED) is 0.383. The number of hydrogen-bond acceptors (Lipinski definition) is 8. The first-order valence-electron chi connectivity index (χ1n) is 14.9. The number of aliphatic hydroxyl groups is 1. The summed E-state index contributed by atoms with van der Waals surface area (Å²) in [5.74, 6) is 2.86. The standard InChI is InChI=1S/C31H46N6O2S/c1-30(2,3)16-7-10-22-15-18-36(29(22)39)25-14-13-23-27(34-25)37-20-21(19-31(37,4)5)9-8-17-32-24-11-6-12-26(33-24)40-35-28(23)38/h6,11-14,21-22,29,39H,7-10,15-20H2,1-5H3,(H,32,33)(H,35,38)/t21-,22?,29?/m0/s1. The van der Waals surface area contributed by atoms with Crippen molar-refractivity contribution in [3.63, 3.8) is 0 Å². The van der Waals surface area contributed by atoms with Gasteiger partial charge in [0.05, 0.1) is 5.56 Å². The predicted octanol–water partition coefficient (Wildman–Crippen LogP) is 6.09. The van der Waals surface area contributed by atoms with Gasteiger partial charge in [0.1, 0.15) is 28.7 Å². The maximum absolute atomic E-state index is 13.6. The number of carbonyl (C=O) groups is 1. The lowest BCUT2D eigenvalue weighted by molar-refractivity contribution is 0.0984. The van der Waals surface area contributed by atoms with E-state index in [0.29, 0.717) is 22.7 Å². The van der Waals surface area contributed by atoms with Crippen molar-refractivity contribution < 1.29 is 9.90 Å². The third kappa shape index (κ3) is 6.68. The Morgan fingerprint density at radius 1 is 1.15 bits per heavy atom. The van der Waals surface area contributed by atoms with Gasteiger partial charge in [0.25, 0.3) is 5.91 Å². The van der Waals surface area contributed by atoms with E-state index in [1.54, 1.807) is 0 Å². The van der Waals surface area contributed by atoms with Crippen LogP contribution < -0.4 is 19.8 Å². The topological polar surface area (TPSA) is 93.6 Å². The molecule has 5 rings (SSSR count). The lowest BCUT2D eigenvalue weighted by Gasteiger charge is -2.35. The molecule has 3 N–H and O–H groups in total. The summed E-state index contributed by atoms with van der Waals surface area (Å²) in [6, 6.07) is 9.61. The normalized spacial score (nSPS) is 25.1. The summed E-state index contributed by atoms with van der Waals surface area (Å²) in [6.07, 6.45) is 6.90. The van der Waals surface area contributed by atoms with Crippen molar-refractivity contribution in [2.45, 2.75) is 96.4 Å². The maximum atomic E-state index is 13.6. The number of nitrogens with zero attached hydrogens (tertiary/aromatic N) is 4. The fraction of sp³-hybridized carbons (Fsp3) is 0.645. The molecule has 40 heavy (non-hydrogen) atoms. The van der Waals surface area contributed by atoms with E-state index >= 15 is 0 Å². The molecule has 0 radical (unpaired) electrons. The summed E-state index contributed by atoms with van der Waals surface area (Å²) in [6.45, 7) is 13.8. The Morgan fingerprint density at radius 3 is 2.77 bits per heavy atom. The van der Waals surface area contributed by atoms with Crippen LogP contribution in [0.5, 0.6) is 0 Å². The minimum absolute atomic E-state index is 0.131. The van der Waals surface area contributed by atoms with Gasteiger partial charge in [-0.05, 0) is 88.0 Å². The molecule has 2 saturated heterocycles. The van der Waals surface area contributed by atoms with Crippen LogP contribution in [0.4, 0.5) is 17.5 Å². The molecule has 1 amide bonds. The van der Waals surface area contributed by atoms with Crippen LogP contribution in [0.15, 0.2) is 35.4 Å². The molecular formula is C31H46N6O2S. The molecule has 9 heteroatoms. The van der Waals surface area contributed by atoms with E-state index in [-0.39, 0.29) is 17.4 Å². The van der Waals surface area contributed by atoms with Crippen molar-refractivity contribution in [3.05, 3.63) is 35.9 Å². The summed E-state index contributed by atoms with van der Waals surface area (Å²) in [5.41, 5.74) is 0.736.